The Morgan fingerprint density at radius 3 is 2.86 bits per heavy atom. The lowest BCUT2D eigenvalue weighted by Crippen LogP contribution is -2.08. The topological polar surface area (TPSA) is 26.3 Å². The van der Waals surface area contributed by atoms with Crippen LogP contribution in [0.4, 0.5) is 0 Å². The summed E-state index contributed by atoms with van der Waals surface area (Å²) in [6.45, 7) is 5.87. The number of esters is 1. The minimum atomic E-state index is -0.308. The summed E-state index contributed by atoms with van der Waals surface area (Å²) in [6.07, 6.45) is 0.565. The Hall–Kier alpha value is -0.610. The van der Waals surface area contributed by atoms with Crippen LogP contribution in [0.2, 0.25) is 0 Å². The highest BCUT2D eigenvalue weighted by molar-refractivity contribution is 9.11. The normalized spacial score (nSPS) is 9.86. The summed E-state index contributed by atoms with van der Waals surface area (Å²) < 4.78 is 5.90. The van der Waals surface area contributed by atoms with Gasteiger partial charge in [-0.3, -0.25) is 0 Å². The van der Waals surface area contributed by atoms with Crippen molar-refractivity contribution in [2.45, 2.75) is 13.3 Å². The number of carbonyl (C=O) groups excluding carboxylic acids is 1. The molecule has 2 nitrogen and oxygen atoms in total. The molecule has 0 aliphatic carbocycles. The number of hydrogen-bond donors (Lipinski definition) is 0. The van der Waals surface area contributed by atoms with Crippen LogP contribution in [0.5, 0.6) is 0 Å². The van der Waals surface area contributed by atoms with Gasteiger partial charge in [0.15, 0.2) is 0 Å². The molecule has 1 aromatic heterocycles. The predicted octanol–water partition coefficient (Wildman–Crippen LogP) is 3.17. The molecule has 0 radical (unpaired) electrons. The predicted molar refractivity (Wildman–Crippen MR) is 61.5 cm³/mol. The SMILES string of the molecule is C=C(Cc1ccc(Br)s1)C(=O)OCC. The maximum atomic E-state index is 11.2. The molecule has 0 atom stereocenters. The summed E-state index contributed by atoms with van der Waals surface area (Å²) in [5, 5.41) is 0. The van der Waals surface area contributed by atoms with Gasteiger partial charge in [-0.05, 0) is 35.0 Å². The number of thiophene rings is 1. The van der Waals surface area contributed by atoms with E-state index in [2.05, 4.69) is 22.5 Å². The van der Waals surface area contributed by atoms with Crippen LogP contribution < -0.4 is 0 Å². The van der Waals surface area contributed by atoms with Crippen molar-refractivity contribution >= 4 is 33.2 Å². The average molecular weight is 275 g/mol. The van der Waals surface area contributed by atoms with Gasteiger partial charge in [-0.2, -0.15) is 0 Å². The van der Waals surface area contributed by atoms with Gasteiger partial charge >= 0.3 is 5.97 Å². The van der Waals surface area contributed by atoms with Gasteiger partial charge in [-0.25, -0.2) is 4.79 Å². The molecule has 4 heteroatoms. The van der Waals surface area contributed by atoms with Crippen molar-refractivity contribution in [1.29, 1.82) is 0 Å². The first-order chi connectivity index (χ1) is 6.63. The van der Waals surface area contributed by atoms with Gasteiger partial charge in [0, 0.05) is 16.9 Å². The molecular formula is C10H11BrO2S. The highest BCUT2D eigenvalue weighted by Gasteiger charge is 2.09. The molecule has 0 saturated carbocycles. The summed E-state index contributed by atoms with van der Waals surface area (Å²) in [5.74, 6) is -0.308. The minimum absolute atomic E-state index is 0.308. The lowest BCUT2D eigenvalue weighted by atomic mass is 10.2. The second kappa shape index (κ2) is 5.32. The van der Waals surface area contributed by atoms with Crippen LogP contribution in [0, 0.1) is 0 Å². The maximum absolute atomic E-state index is 11.2. The van der Waals surface area contributed by atoms with Gasteiger partial charge in [0.1, 0.15) is 0 Å². The molecular weight excluding hydrogens is 264 g/mol. The van der Waals surface area contributed by atoms with Crippen molar-refractivity contribution in [1.82, 2.24) is 0 Å². The van der Waals surface area contributed by atoms with Crippen LogP contribution in [-0.4, -0.2) is 12.6 Å². The maximum Gasteiger partial charge on any atom is 0.333 e. The van der Waals surface area contributed by atoms with Crippen molar-refractivity contribution in [2.75, 3.05) is 6.61 Å². The van der Waals surface area contributed by atoms with Gasteiger partial charge in [-0.1, -0.05) is 6.58 Å². The second-order valence-electron chi connectivity index (χ2n) is 2.71. The molecule has 1 aromatic rings. The Balaban J connectivity index is 2.53. The quantitative estimate of drug-likeness (QED) is 0.623. The molecule has 0 bridgehead atoms. The smallest absolute Gasteiger partial charge is 0.333 e. The Morgan fingerprint density at radius 1 is 1.64 bits per heavy atom. The fraction of sp³-hybridized carbons (Fsp3) is 0.300. The third-order valence-corrected chi connectivity index (χ3v) is 3.20. The van der Waals surface area contributed by atoms with Crippen molar-refractivity contribution in [3.05, 3.63) is 32.9 Å². The first kappa shape index (κ1) is 11.5. The Morgan fingerprint density at radius 2 is 2.36 bits per heavy atom. The van der Waals surface area contributed by atoms with Gasteiger partial charge in [0.25, 0.3) is 0 Å². The zero-order chi connectivity index (χ0) is 10.6. The van der Waals surface area contributed by atoms with Gasteiger partial charge in [0.2, 0.25) is 0 Å². The molecule has 0 unspecified atom stereocenters. The van der Waals surface area contributed by atoms with Crippen molar-refractivity contribution < 1.29 is 9.53 Å². The largest absolute Gasteiger partial charge is 0.463 e. The van der Waals surface area contributed by atoms with E-state index in [9.17, 15) is 4.79 Å². The van der Waals surface area contributed by atoms with E-state index >= 15 is 0 Å². The molecule has 0 spiro atoms. The van der Waals surface area contributed by atoms with E-state index in [1.165, 1.54) is 0 Å². The van der Waals surface area contributed by atoms with Crippen molar-refractivity contribution in [2.24, 2.45) is 0 Å². The molecule has 76 valence electrons. The van der Waals surface area contributed by atoms with Crippen molar-refractivity contribution in [3.8, 4) is 0 Å². The Labute approximate surface area is 95.7 Å². The standard InChI is InChI=1S/C10H11BrO2S/c1-3-13-10(12)7(2)6-8-4-5-9(11)14-8/h4-5H,2-3,6H2,1H3. The van der Waals surface area contributed by atoms with E-state index in [1.807, 2.05) is 12.1 Å². The fourth-order valence-corrected chi connectivity index (χ4v) is 2.49. The lowest BCUT2D eigenvalue weighted by molar-refractivity contribution is -0.138. The number of halogens is 1. The molecule has 14 heavy (non-hydrogen) atoms. The minimum Gasteiger partial charge on any atom is -0.463 e. The van der Waals surface area contributed by atoms with E-state index in [0.717, 1.165) is 8.66 Å². The molecule has 1 heterocycles. The zero-order valence-electron chi connectivity index (χ0n) is 7.88. The highest BCUT2D eigenvalue weighted by atomic mass is 79.9. The molecule has 0 amide bonds. The molecule has 0 N–H and O–H groups in total. The summed E-state index contributed by atoms with van der Waals surface area (Å²) in [5.41, 5.74) is 0.501. The average Bonchev–Trinajstić information content (AvgIpc) is 2.51. The first-order valence-electron chi connectivity index (χ1n) is 4.22. The summed E-state index contributed by atoms with van der Waals surface area (Å²) >= 11 is 4.96. The summed E-state index contributed by atoms with van der Waals surface area (Å²) in [4.78, 5) is 12.3. The lowest BCUT2D eigenvalue weighted by Gasteiger charge is -2.02. The van der Waals surface area contributed by atoms with E-state index in [1.54, 1.807) is 18.3 Å². The third kappa shape index (κ3) is 3.27. The number of hydrogen-bond acceptors (Lipinski definition) is 3. The molecule has 0 aliphatic rings. The van der Waals surface area contributed by atoms with E-state index in [0.29, 0.717) is 18.6 Å². The summed E-state index contributed by atoms with van der Waals surface area (Å²) in [6, 6.07) is 3.93. The zero-order valence-corrected chi connectivity index (χ0v) is 10.3. The Bertz CT molecular complexity index is 344. The third-order valence-electron chi connectivity index (χ3n) is 1.58. The van der Waals surface area contributed by atoms with Crippen LogP contribution in [0.15, 0.2) is 28.1 Å². The van der Waals surface area contributed by atoms with E-state index in [-0.39, 0.29) is 5.97 Å². The summed E-state index contributed by atoms with van der Waals surface area (Å²) in [7, 11) is 0. The fourth-order valence-electron chi connectivity index (χ4n) is 0.962. The van der Waals surface area contributed by atoms with Gasteiger partial charge in [-0.15, -0.1) is 11.3 Å². The number of carbonyl (C=O) groups is 1. The van der Waals surface area contributed by atoms with Crippen LogP contribution in [0.1, 0.15) is 11.8 Å². The van der Waals surface area contributed by atoms with Crippen LogP contribution in [-0.2, 0) is 16.0 Å². The second-order valence-corrected chi connectivity index (χ2v) is 5.25. The molecule has 0 aliphatic heterocycles. The Kier molecular flexibility index (Phi) is 4.35. The molecule has 1 rings (SSSR count). The van der Waals surface area contributed by atoms with E-state index in [4.69, 9.17) is 4.74 Å². The molecule has 0 fully saturated rings. The van der Waals surface area contributed by atoms with Gasteiger partial charge in [0.05, 0.1) is 10.4 Å². The number of ether oxygens (including phenoxy) is 1. The monoisotopic (exact) mass is 274 g/mol. The highest BCUT2D eigenvalue weighted by Crippen LogP contribution is 2.24. The van der Waals surface area contributed by atoms with Crippen LogP contribution in [0.25, 0.3) is 0 Å². The first-order valence-corrected chi connectivity index (χ1v) is 5.83. The molecule has 0 aromatic carbocycles. The van der Waals surface area contributed by atoms with Crippen molar-refractivity contribution in [3.63, 3.8) is 0 Å². The molecule has 0 saturated heterocycles. The van der Waals surface area contributed by atoms with Gasteiger partial charge < -0.3 is 4.74 Å². The number of rotatable bonds is 4. The van der Waals surface area contributed by atoms with E-state index < -0.39 is 0 Å². The van der Waals surface area contributed by atoms with Crippen LogP contribution in [0.3, 0.4) is 0 Å². The van der Waals surface area contributed by atoms with Crippen LogP contribution >= 0.6 is 27.3 Å².